The van der Waals surface area contributed by atoms with Gasteiger partial charge in [0, 0.05) is 0 Å². The number of ether oxygens (including phenoxy) is 1. The van der Waals surface area contributed by atoms with Crippen molar-refractivity contribution in [3.05, 3.63) is 29.3 Å². The SMILES string of the molecule is CNCC[C@@]1(C)CCCc2ccc(OC)cc21. The van der Waals surface area contributed by atoms with Crippen LogP contribution in [-0.4, -0.2) is 20.7 Å². The molecule has 2 nitrogen and oxygen atoms in total. The predicted molar refractivity (Wildman–Crippen MR) is 71.8 cm³/mol. The molecule has 0 bridgehead atoms. The average Bonchev–Trinajstić information content (AvgIpc) is 2.37. The highest BCUT2D eigenvalue weighted by Gasteiger charge is 2.31. The van der Waals surface area contributed by atoms with Crippen LogP contribution < -0.4 is 10.1 Å². The minimum atomic E-state index is 0.311. The number of hydrogen-bond donors (Lipinski definition) is 1. The van der Waals surface area contributed by atoms with E-state index in [0.717, 1.165) is 12.3 Å². The monoisotopic (exact) mass is 233 g/mol. The molecule has 0 saturated carbocycles. The highest BCUT2D eigenvalue weighted by atomic mass is 16.5. The van der Waals surface area contributed by atoms with Crippen LogP contribution in [-0.2, 0) is 11.8 Å². The van der Waals surface area contributed by atoms with Crippen molar-refractivity contribution in [2.75, 3.05) is 20.7 Å². The van der Waals surface area contributed by atoms with Gasteiger partial charge in [0.15, 0.2) is 0 Å². The average molecular weight is 233 g/mol. The third-order valence-electron chi connectivity index (χ3n) is 4.07. The Kier molecular flexibility index (Phi) is 3.72. The predicted octanol–water partition coefficient (Wildman–Crippen LogP) is 2.90. The lowest BCUT2D eigenvalue weighted by Gasteiger charge is -2.36. The van der Waals surface area contributed by atoms with Crippen LogP contribution in [0.25, 0.3) is 0 Å². The largest absolute Gasteiger partial charge is 0.497 e. The fraction of sp³-hybridized carbons (Fsp3) is 0.600. The summed E-state index contributed by atoms with van der Waals surface area (Å²) in [4.78, 5) is 0. The first-order valence-corrected chi connectivity index (χ1v) is 6.51. The third kappa shape index (κ3) is 2.47. The van der Waals surface area contributed by atoms with Crippen molar-refractivity contribution < 1.29 is 4.74 Å². The molecule has 0 amide bonds. The smallest absolute Gasteiger partial charge is 0.119 e. The van der Waals surface area contributed by atoms with Crippen molar-refractivity contribution >= 4 is 0 Å². The minimum absolute atomic E-state index is 0.311. The summed E-state index contributed by atoms with van der Waals surface area (Å²) in [5.74, 6) is 0.987. The zero-order valence-corrected chi connectivity index (χ0v) is 11.2. The van der Waals surface area contributed by atoms with Gasteiger partial charge < -0.3 is 10.1 Å². The maximum atomic E-state index is 5.36. The first-order chi connectivity index (χ1) is 8.19. The van der Waals surface area contributed by atoms with Gasteiger partial charge in [-0.15, -0.1) is 0 Å². The molecule has 1 aliphatic rings. The minimum Gasteiger partial charge on any atom is -0.497 e. The van der Waals surface area contributed by atoms with E-state index in [1.165, 1.54) is 36.8 Å². The number of benzene rings is 1. The highest BCUT2D eigenvalue weighted by Crippen LogP contribution is 2.40. The Morgan fingerprint density at radius 3 is 2.94 bits per heavy atom. The molecule has 1 aromatic rings. The topological polar surface area (TPSA) is 21.3 Å². The van der Waals surface area contributed by atoms with Gasteiger partial charge in [0.1, 0.15) is 5.75 Å². The maximum Gasteiger partial charge on any atom is 0.119 e. The molecule has 1 aliphatic carbocycles. The van der Waals surface area contributed by atoms with Crippen LogP contribution in [0.5, 0.6) is 5.75 Å². The number of methoxy groups -OCH3 is 1. The van der Waals surface area contributed by atoms with E-state index in [9.17, 15) is 0 Å². The highest BCUT2D eigenvalue weighted by molar-refractivity contribution is 5.42. The molecular weight excluding hydrogens is 210 g/mol. The molecule has 0 fully saturated rings. The van der Waals surface area contributed by atoms with E-state index in [1.807, 2.05) is 7.05 Å². The molecule has 2 rings (SSSR count). The quantitative estimate of drug-likeness (QED) is 0.863. The van der Waals surface area contributed by atoms with E-state index >= 15 is 0 Å². The van der Waals surface area contributed by atoms with Crippen molar-refractivity contribution in [1.29, 1.82) is 0 Å². The molecule has 17 heavy (non-hydrogen) atoms. The molecule has 0 spiro atoms. The second kappa shape index (κ2) is 5.09. The maximum absolute atomic E-state index is 5.36. The molecule has 1 N–H and O–H groups in total. The molecule has 1 atom stereocenters. The van der Waals surface area contributed by atoms with E-state index in [-0.39, 0.29) is 0 Å². The van der Waals surface area contributed by atoms with Crippen molar-refractivity contribution in [2.24, 2.45) is 0 Å². The summed E-state index contributed by atoms with van der Waals surface area (Å²) < 4.78 is 5.36. The molecule has 0 saturated heterocycles. The normalized spacial score (nSPS) is 23.2. The van der Waals surface area contributed by atoms with Crippen molar-refractivity contribution in [3.8, 4) is 5.75 Å². The van der Waals surface area contributed by atoms with E-state index in [0.29, 0.717) is 5.41 Å². The summed E-state index contributed by atoms with van der Waals surface area (Å²) in [5, 5.41) is 3.27. The van der Waals surface area contributed by atoms with Gasteiger partial charge in [0.25, 0.3) is 0 Å². The first kappa shape index (κ1) is 12.4. The summed E-state index contributed by atoms with van der Waals surface area (Å²) >= 11 is 0. The van der Waals surface area contributed by atoms with Gasteiger partial charge in [-0.05, 0) is 68.0 Å². The lowest BCUT2D eigenvalue weighted by atomic mass is 9.69. The number of aryl methyl sites for hydroxylation is 1. The lowest BCUT2D eigenvalue weighted by molar-refractivity contribution is 0.358. The Morgan fingerprint density at radius 1 is 1.41 bits per heavy atom. The molecule has 0 aliphatic heterocycles. The Labute approximate surface area is 104 Å². The fourth-order valence-electron chi connectivity index (χ4n) is 2.93. The van der Waals surface area contributed by atoms with Crippen LogP contribution in [0.15, 0.2) is 18.2 Å². The zero-order valence-electron chi connectivity index (χ0n) is 11.2. The summed E-state index contributed by atoms with van der Waals surface area (Å²) in [7, 11) is 3.77. The van der Waals surface area contributed by atoms with Crippen LogP contribution in [0.3, 0.4) is 0 Å². The number of nitrogens with one attached hydrogen (secondary N) is 1. The standard InChI is InChI=1S/C15H23NO/c1-15(9-10-16-2)8-4-5-12-6-7-13(17-3)11-14(12)15/h6-7,11,16H,4-5,8-10H2,1-3H3/t15-/m1/s1. The summed E-state index contributed by atoms with van der Waals surface area (Å²) in [5.41, 5.74) is 3.32. The fourth-order valence-corrected chi connectivity index (χ4v) is 2.93. The van der Waals surface area contributed by atoms with Gasteiger partial charge >= 0.3 is 0 Å². The van der Waals surface area contributed by atoms with Gasteiger partial charge in [-0.2, -0.15) is 0 Å². The molecule has 0 unspecified atom stereocenters. The van der Waals surface area contributed by atoms with Crippen LogP contribution in [0.4, 0.5) is 0 Å². The van der Waals surface area contributed by atoms with Gasteiger partial charge in [-0.25, -0.2) is 0 Å². The van der Waals surface area contributed by atoms with Gasteiger partial charge in [0.2, 0.25) is 0 Å². The molecule has 0 heterocycles. The third-order valence-corrected chi connectivity index (χ3v) is 4.07. The van der Waals surface area contributed by atoms with Gasteiger partial charge in [-0.3, -0.25) is 0 Å². The van der Waals surface area contributed by atoms with E-state index in [2.05, 4.69) is 30.4 Å². The number of rotatable bonds is 4. The van der Waals surface area contributed by atoms with Crippen molar-refractivity contribution in [3.63, 3.8) is 0 Å². The lowest BCUT2D eigenvalue weighted by Crippen LogP contribution is -2.31. The van der Waals surface area contributed by atoms with Gasteiger partial charge in [-0.1, -0.05) is 13.0 Å². The number of hydrogen-bond acceptors (Lipinski definition) is 2. The van der Waals surface area contributed by atoms with Crippen LogP contribution in [0, 0.1) is 0 Å². The van der Waals surface area contributed by atoms with E-state index in [1.54, 1.807) is 7.11 Å². The second-order valence-electron chi connectivity index (χ2n) is 5.29. The summed E-state index contributed by atoms with van der Waals surface area (Å²) in [6.07, 6.45) is 5.01. The second-order valence-corrected chi connectivity index (χ2v) is 5.29. The number of fused-ring (bicyclic) bond motifs is 1. The molecule has 1 aromatic carbocycles. The first-order valence-electron chi connectivity index (χ1n) is 6.51. The Balaban J connectivity index is 2.34. The molecule has 0 aromatic heterocycles. The molecule has 0 radical (unpaired) electrons. The molecule has 94 valence electrons. The van der Waals surface area contributed by atoms with Crippen LogP contribution in [0.2, 0.25) is 0 Å². The van der Waals surface area contributed by atoms with Gasteiger partial charge in [0.05, 0.1) is 7.11 Å². The van der Waals surface area contributed by atoms with Crippen molar-refractivity contribution in [1.82, 2.24) is 5.32 Å². The van der Waals surface area contributed by atoms with E-state index < -0.39 is 0 Å². The Morgan fingerprint density at radius 2 is 2.24 bits per heavy atom. The summed E-state index contributed by atoms with van der Waals surface area (Å²) in [6, 6.07) is 6.57. The van der Waals surface area contributed by atoms with Crippen LogP contribution >= 0.6 is 0 Å². The summed E-state index contributed by atoms with van der Waals surface area (Å²) in [6.45, 7) is 3.47. The van der Waals surface area contributed by atoms with Crippen LogP contribution in [0.1, 0.15) is 37.3 Å². The van der Waals surface area contributed by atoms with Crippen molar-refractivity contribution in [2.45, 2.75) is 38.0 Å². The molecular formula is C15H23NO. The molecule has 2 heteroatoms. The zero-order chi connectivity index (χ0) is 12.3. The van der Waals surface area contributed by atoms with E-state index in [4.69, 9.17) is 4.74 Å². The Bertz CT molecular complexity index is 389. The Hall–Kier alpha value is -1.02.